The molecule has 0 bridgehead atoms. The topological polar surface area (TPSA) is 58.9 Å². The van der Waals surface area contributed by atoms with Crippen molar-refractivity contribution in [3.63, 3.8) is 0 Å². The Morgan fingerprint density at radius 3 is 2.79 bits per heavy atom. The summed E-state index contributed by atoms with van der Waals surface area (Å²) in [5, 5.41) is 8.91. The molecule has 1 N–H and O–H groups in total. The first-order valence-electron chi connectivity index (χ1n) is 4.23. The number of nitrogens with zero attached hydrogens (tertiary/aromatic N) is 3. The van der Waals surface area contributed by atoms with Gasteiger partial charge in [-0.15, -0.1) is 0 Å². The predicted molar refractivity (Wildman–Crippen MR) is 51.2 cm³/mol. The molecular formula is C10H9N3O. The maximum absolute atomic E-state index is 8.91. The quantitative estimate of drug-likeness (QED) is 0.762. The summed E-state index contributed by atoms with van der Waals surface area (Å²) in [4.78, 5) is 12.3. The van der Waals surface area contributed by atoms with Gasteiger partial charge in [-0.3, -0.25) is 9.97 Å². The van der Waals surface area contributed by atoms with Crippen LogP contribution in [0, 0.1) is 0 Å². The summed E-state index contributed by atoms with van der Waals surface area (Å²) in [6.07, 6.45) is 4.87. The van der Waals surface area contributed by atoms with Crippen LogP contribution >= 0.6 is 0 Å². The zero-order chi connectivity index (χ0) is 9.80. The van der Waals surface area contributed by atoms with E-state index in [2.05, 4.69) is 15.0 Å². The number of aliphatic hydroxyl groups excluding tert-OH is 1. The molecule has 0 aromatic carbocycles. The average Bonchev–Trinajstić information content (AvgIpc) is 2.30. The van der Waals surface area contributed by atoms with Crippen LogP contribution < -0.4 is 0 Å². The Morgan fingerprint density at radius 2 is 2.07 bits per heavy atom. The molecule has 4 nitrogen and oxygen atoms in total. The average molecular weight is 187 g/mol. The van der Waals surface area contributed by atoms with Crippen molar-refractivity contribution < 1.29 is 5.11 Å². The Labute approximate surface area is 81.3 Å². The van der Waals surface area contributed by atoms with Gasteiger partial charge in [0.2, 0.25) is 0 Å². The highest BCUT2D eigenvalue weighted by atomic mass is 16.3. The van der Waals surface area contributed by atoms with Crippen LogP contribution in [-0.2, 0) is 6.61 Å². The van der Waals surface area contributed by atoms with Gasteiger partial charge in [-0.1, -0.05) is 6.07 Å². The summed E-state index contributed by atoms with van der Waals surface area (Å²) in [5.74, 6) is 0. The minimum absolute atomic E-state index is 0.0614. The maximum Gasteiger partial charge on any atom is 0.107 e. The summed E-state index contributed by atoms with van der Waals surface area (Å²) in [7, 11) is 0. The van der Waals surface area contributed by atoms with Crippen LogP contribution in [-0.4, -0.2) is 20.1 Å². The van der Waals surface area contributed by atoms with E-state index in [4.69, 9.17) is 5.11 Å². The van der Waals surface area contributed by atoms with E-state index in [9.17, 15) is 0 Å². The van der Waals surface area contributed by atoms with Crippen molar-refractivity contribution in [2.45, 2.75) is 6.61 Å². The second-order valence-electron chi connectivity index (χ2n) is 2.76. The highest BCUT2D eigenvalue weighted by Crippen LogP contribution is 2.12. The molecular weight excluding hydrogens is 178 g/mol. The Bertz CT molecular complexity index is 417. The molecule has 0 saturated carbocycles. The Hall–Kier alpha value is -1.81. The molecule has 70 valence electrons. The van der Waals surface area contributed by atoms with Gasteiger partial charge in [0.1, 0.15) is 5.69 Å². The summed E-state index contributed by atoms with van der Waals surface area (Å²) in [6, 6.07) is 5.44. The van der Waals surface area contributed by atoms with Crippen molar-refractivity contribution in [2.75, 3.05) is 0 Å². The lowest BCUT2D eigenvalue weighted by Gasteiger charge is -2.00. The first kappa shape index (κ1) is 8.77. The number of hydrogen-bond donors (Lipinski definition) is 1. The van der Waals surface area contributed by atoms with Crippen molar-refractivity contribution in [1.29, 1.82) is 0 Å². The van der Waals surface area contributed by atoms with E-state index < -0.39 is 0 Å². The summed E-state index contributed by atoms with van der Waals surface area (Å²) in [5.41, 5.74) is 2.07. The first-order chi connectivity index (χ1) is 6.90. The fraction of sp³-hybridized carbons (Fsp3) is 0.100. The van der Waals surface area contributed by atoms with Gasteiger partial charge in [-0.25, -0.2) is 4.98 Å². The molecule has 4 heteroatoms. The Balaban J connectivity index is 2.42. The summed E-state index contributed by atoms with van der Waals surface area (Å²) >= 11 is 0. The monoisotopic (exact) mass is 187 g/mol. The third-order valence-corrected chi connectivity index (χ3v) is 1.79. The van der Waals surface area contributed by atoms with Gasteiger partial charge >= 0.3 is 0 Å². The third-order valence-electron chi connectivity index (χ3n) is 1.79. The molecule has 2 heterocycles. The number of aromatic nitrogens is 3. The second kappa shape index (κ2) is 3.93. The van der Waals surface area contributed by atoms with Gasteiger partial charge in [0, 0.05) is 12.4 Å². The smallest absolute Gasteiger partial charge is 0.107 e. The fourth-order valence-electron chi connectivity index (χ4n) is 1.14. The van der Waals surface area contributed by atoms with Crippen LogP contribution in [0.2, 0.25) is 0 Å². The summed E-state index contributed by atoms with van der Waals surface area (Å²) in [6.45, 7) is -0.0614. The summed E-state index contributed by atoms with van der Waals surface area (Å²) < 4.78 is 0. The second-order valence-corrected chi connectivity index (χ2v) is 2.76. The van der Waals surface area contributed by atoms with Crippen LogP contribution in [0.1, 0.15) is 5.69 Å². The molecule has 0 amide bonds. The molecule has 0 spiro atoms. The third kappa shape index (κ3) is 1.75. The molecule has 14 heavy (non-hydrogen) atoms. The number of rotatable bonds is 2. The largest absolute Gasteiger partial charge is 0.390 e. The van der Waals surface area contributed by atoms with Crippen molar-refractivity contribution in [3.8, 4) is 11.4 Å². The number of hydrogen-bond acceptors (Lipinski definition) is 4. The van der Waals surface area contributed by atoms with Gasteiger partial charge in [0.15, 0.2) is 0 Å². The zero-order valence-corrected chi connectivity index (χ0v) is 7.46. The van der Waals surface area contributed by atoms with Crippen LogP contribution in [0.3, 0.4) is 0 Å². The molecule has 2 aromatic rings. The highest BCUT2D eigenvalue weighted by Gasteiger charge is 2.00. The lowest BCUT2D eigenvalue weighted by molar-refractivity contribution is 0.277. The molecule has 2 aromatic heterocycles. The first-order valence-corrected chi connectivity index (χ1v) is 4.23. The van der Waals surface area contributed by atoms with E-state index in [-0.39, 0.29) is 6.61 Å². The van der Waals surface area contributed by atoms with Crippen LogP contribution in [0.5, 0.6) is 0 Å². The molecule has 0 atom stereocenters. The maximum atomic E-state index is 8.91. The van der Waals surface area contributed by atoms with Gasteiger partial charge in [-0.2, -0.15) is 0 Å². The van der Waals surface area contributed by atoms with E-state index in [1.54, 1.807) is 24.7 Å². The SMILES string of the molecule is OCc1cccc(-c2cnccn2)n1. The molecule has 2 rings (SSSR count). The molecule has 0 fully saturated rings. The fourth-order valence-corrected chi connectivity index (χ4v) is 1.14. The molecule has 0 aliphatic heterocycles. The van der Waals surface area contributed by atoms with Crippen molar-refractivity contribution >= 4 is 0 Å². The molecule has 0 unspecified atom stereocenters. The van der Waals surface area contributed by atoms with Crippen LogP contribution in [0.4, 0.5) is 0 Å². The number of aliphatic hydroxyl groups is 1. The molecule has 0 aliphatic rings. The minimum atomic E-state index is -0.0614. The standard InChI is InChI=1S/C10H9N3O/c14-7-8-2-1-3-9(13-8)10-6-11-4-5-12-10/h1-6,14H,7H2. The molecule has 0 saturated heterocycles. The van der Waals surface area contributed by atoms with Crippen molar-refractivity contribution in [3.05, 3.63) is 42.5 Å². The van der Waals surface area contributed by atoms with E-state index in [0.717, 1.165) is 5.69 Å². The molecule has 0 aliphatic carbocycles. The molecule has 0 radical (unpaired) electrons. The Kier molecular flexibility index (Phi) is 2.46. The van der Waals surface area contributed by atoms with E-state index in [1.807, 2.05) is 12.1 Å². The van der Waals surface area contributed by atoms with Gasteiger partial charge in [0.05, 0.1) is 24.2 Å². The minimum Gasteiger partial charge on any atom is -0.390 e. The van der Waals surface area contributed by atoms with E-state index in [1.165, 1.54) is 0 Å². The van der Waals surface area contributed by atoms with E-state index in [0.29, 0.717) is 11.4 Å². The van der Waals surface area contributed by atoms with Crippen molar-refractivity contribution in [2.24, 2.45) is 0 Å². The van der Waals surface area contributed by atoms with E-state index >= 15 is 0 Å². The Morgan fingerprint density at radius 1 is 1.14 bits per heavy atom. The highest BCUT2D eigenvalue weighted by molar-refractivity contribution is 5.52. The van der Waals surface area contributed by atoms with Crippen molar-refractivity contribution in [1.82, 2.24) is 15.0 Å². The van der Waals surface area contributed by atoms with Crippen LogP contribution in [0.25, 0.3) is 11.4 Å². The lowest BCUT2D eigenvalue weighted by Crippen LogP contribution is -1.93. The van der Waals surface area contributed by atoms with Gasteiger partial charge in [-0.05, 0) is 12.1 Å². The van der Waals surface area contributed by atoms with Gasteiger partial charge in [0.25, 0.3) is 0 Å². The van der Waals surface area contributed by atoms with Crippen LogP contribution in [0.15, 0.2) is 36.8 Å². The normalized spacial score (nSPS) is 10.1. The predicted octanol–water partition coefficient (Wildman–Crippen LogP) is 1.03. The number of pyridine rings is 1. The van der Waals surface area contributed by atoms with Gasteiger partial charge < -0.3 is 5.11 Å². The zero-order valence-electron chi connectivity index (χ0n) is 7.46. The lowest BCUT2D eigenvalue weighted by atomic mass is 10.2.